The van der Waals surface area contributed by atoms with E-state index in [9.17, 15) is 4.79 Å². The summed E-state index contributed by atoms with van der Waals surface area (Å²) < 4.78 is 34.2. The van der Waals surface area contributed by atoms with Gasteiger partial charge in [0, 0.05) is 6.61 Å². The first-order valence-corrected chi connectivity index (χ1v) is 20.8. The number of ether oxygens (including phenoxy) is 3. The van der Waals surface area contributed by atoms with Gasteiger partial charge in [-0.15, -0.1) is 0 Å². The molecule has 1 saturated heterocycles. The van der Waals surface area contributed by atoms with Gasteiger partial charge in [0.15, 0.2) is 23.5 Å². The molecule has 0 spiro atoms. The first kappa shape index (κ1) is 24.0. The fraction of sp³-hybridized carbons (Fsp3) is 0.933. The maximum absolute atomic E-state index is 10.8. The summed E-state index contributed by atoms with van der Waals surface area (Å²) in [6.45, 7) is 18.5. The summed E-state index contributed by atoms with van der Waals surface area (Å²) >= 11 is 0. The van der Waals surface area contributed by atoms with Gasteiger partial charge in [-0.25, -0.2) is 4.79 Å². The van der Waals surface area contributed by atoms with Crippen molar-refractivity contribution < 1.29 is 31.4 Å². The zero-order valence-corrected chi connectivity index (χ0v) is 21.7. The SMILES string of the molecule is C[SiH](CCCOCC1COC(=O)O1)O[Si](C)(C)O[Si](C)(C)O[Si](C)(C)C. The molecule has 0 radical (unpaired) electrons. The minimum absolute atomic E-state index is 0.272. The smallest absolute Gasteiger partial charge is 0.439 e. The molecule has 0 bridgehead atoms. The molecule has 1 aliphatic heterocycles. The highest BCUT2D eigenvalue weighted by atomic mass is 28.5. The number of cyclic esters (lactones) is 2. The highest BCUT2D eigenvalue weighted by Gasteiger charge is 2.39. The van der Waals surface area contributed by atoms with Crippen molar-refractivity contribution in [2.45, 2.75) is 70.9 Å². The number of rotatable bonds is 12. The van der Waals surface area contributed by atoms with E-state index in [1.807, 2.05) is 0 Å². The van der Waals surface area contributed by atoms with Crippen LogP contribution in [-0.2, 0) is 26.6 Å². The Bertz CT molecular complexity index is 454. The Labute approximate surface area is 163 Å². The van der Waals surface area contributed by atoms with E-state index in [0.29, 0.717) is 13.2 Å². The van der Waals surface area contributed by atoms with Crippen LogP contribution in [0.4, 0.5) is 4.79 Å². The van der Waals surface area contributed by atoms with Crippen LogP contribution >= 0.6 is 0 Å². The predicted octanol–water partition coefficient (Wildman–Crippen LogP) is 3.57. The van der Waals surface area contributed by atoms with E-state index in [1.165, 1.54) is 0 Å². The van der Waals surface area contributed by atoms with Gasteiger partial charge in [-0.05, 0) is 64.8 Å². The summed E-state index contributed by atoms with van der Waals surface area (Å²) in [7, 11) is -7.30. The largest absolute Gasteiger partial charge is 0.508 e. The second-order valence-electron chi connectivity index (χ2n) is 8.56. The van der Waals surface area contributed by atoms with Crippen LogP contribution in [0, 0.1) is 0 Å². The third-order valence-electron chi connectivity index (χ3n) is 3.38. The minimum Gasteiger partial charge on any atom is -0.439 e. The Balaban J connectivity index is 2.23. The molecule has 154 valence electrons. The lowest BCUT2D eigenvalue weighted by molar-refractivity contribution is 0.0461. The van der Waals surface area contributed by atoms with Crippen molar-refractivity contribution in [3.63, 3.8) is 0 Å². The summed E-state index contributed by atoms with van der Waals surface area (Å²) in [5, 5.41) is 0. The van der Waals surface area contributed by atoms with Crippen LogP contribution < -0.4 is 0 Å². The van der Waals surface area contributed by atoms with E-state index < -0.39 is 40.6 Å². The van der Waals surface area contributed by atoms with Crippen LogP contribution in [0.1, 0.15) is 6.42 Å². The van der Waals surface area contributed by atoms with Gasteiger partial charge in [0.25, 0.3) is 0 Å². The highest BCUT2D eigenvalue weighted by molar-refractivity contribution is 6.87. The van der Waals surface area contributed by atoms with E-state index in [2.05, 4.69) is 52.4 Å². The Hall–Kier alpha value is -0.0225. The summed E-state index contributed by atoms with van der Waals surface area (Å²) in [5.74, 6) is 0. The van der Waals surface area contributed by atoms with Gasteiger partial charge >= 0.3 is 23.3 Å². The van der Waals surface area contributed by atoms with Crippen molar-refractivity contribution >= 4 is 40.6 Å². The molecule has 0 amide bonds. The first-order chi connectivity index (χ1) is 11.8. The summed E-state index contributed by atoms with van der Waals surface area (Å²) in [6, 6.07) is 1.03. The van der Waals surface area contributed by atoms with Crippen LogP contribution in [0.2, 0.25) is 58.4 Å². The van der Waals surface area contributed by atoms with Gasteiger partial charge < -0.3 is 26.6 Å². The zero-order valence-electron chi connectivity index (χ0n) is 17.5. The highest BCUT2D eigenvalue weighted by Crippen LogP contribution is 2.22. The molecule has 0 aromatic rings. The van der Waals surface area contributed by atoms with Crippen molar-refractivity contribution in [3.05, 3.63) is 0 Å². The molecular weight excluding hydrogens is 405 g/mol. The number of hydrogen-bond donors (Lipinski definition) is 0. The second-order valence-corrected chi connectivity index (χ2v) is 23.2. The third-order valence-corrected chi connectivity index (χ3v) is 16.8. The van der Waals surface area contributed by atoms with Crippen molar-refractivity contribution in [1.82, 2.24) is 0 Å². The van der Waals surface area contributed by atoms with Gasteiger partial charge in [-0.3, -0.25) is 0 Å². The van der Waals surface area contributed by atoms with Crippen molar-refractivity contribution in [1.29, 1.82) is 0 Å². The van der Waals surface area contributed by atoms with E-state index in [-0.39, 0.29) is 12.7 Å². The fourth-order valence-electron chi connectivity index (χ4n) is 3.05. The van der Waals surface area contributed by atoms with Crippen molar-refractivity contribution in [2.24, 2.45) is 0 Å². The minimum atomic E-state index is -2.19. The lowest BCUT2D eigenvalue weighted by Gasteiger charge is -2.38. The van der Waals surface area contributed by atoms with Crippen molar-refractivity contribution in [3.8, 4) is 0 Å². The van der Waals surface area contributed by atoms with Crippen LogP contribution in [0.3, 0.4) is 0 Å². The van der Waals surface area contributed by atoms with Gasteiger partial charge in [-0.1, -0.05) is 0 Å². The molecule has 11 heteroatoms. The molecular formula is C15H36O7Si4. The number of hydrogen-bond acceptors (Lipinski definition) is 7. The molecule has 2 atom stereocenters. The van der Waals surface area contributed by atoms with Gasteiger partial charge in [0.1, 0.15) is 6.61 Å². The molecule has 2 unspecified atom stereocenters. The Kier molecular flexibility index (Phi) is 9.20. The molecule has 0 aromatic heterocycles. The van der Waals surface area contributed by atoms with Crippen LogP contribution in [0.25, 0.3) is 0 Å². The number of carbonyl (C=O) groups excluding carboxylic acids is 1. The Morgan fingerprint density at radius 2 is 1.73 bits per heavy atom. The molecule has 26 heavy (non-hydrogen) atoms. The lowest BCUT2D eigenvalue weighted by Crippen LogP contribution is -2.53. The summed E-state index contributed by atoms with van der Waals surface area (Å²) in [5.41, 5.74) is 0. The molecule has 1 fully saturated rings. The topological polar surface area (TPSA) is 72.5 Å². The monoisotopic (exact) mass is 440 g/mol. The normalized spacial score (nSPS) is 20.0. The van der Waals surface area contributed by atoms with Gasteiger partial charge in [0.2, 0.25) is 0 Å². The van der Waals surface area contributed by atoms with E-state index in [4.69, 9.17) is 26.6 Å². The van der Waals surface area contributed by atoms with E-state index in [1.54, 1.807) is 0 Å². The molecule has 1 heterocycles. The molecule has 0 aromatic carbocycles. The van der Waals surface area contributed by atoms with Gasteiger partial charge in [-0.2, -0.15) is 0 Å². The molecule has 1 aliphatic rings. The Morgan fingerprint density at radius 1 is 1.08 bits per heavy atom. The van der Waals surface area contributed by atoms with Crippen LogP contribution in [0.5, 0.6) is 0 Å². The average molecular weight is 441 g/mol. The quantitative estimate of drug-likeness (QED) is 0.261. The molecule has 0 aliphatic carbocycles. The van der Waals surface area contributed by atoms with Crippen molar-refractivity contribution in [2.75, 3.05) is 19.8 Å². The summed E-state index contributed by atoms with van der Waals surface area (Å²) in [6.07, 6.45) is 0.0579. The fourth-order valence-corrected chi connectivity index (χ4v) is 19.9. The standard InChI is InChI=1S/C15H36O7Si4/c1-23(11-9-10-17-12-14-13-18-15(16)19-14)20-25(5,6)22-26(7,8)21-24(2,3)4/h14,23H,9-13H2,1-8H3. The molecule has 7 nitrogen and oxygen atoms in total. The van der Waals surface area contributed by atoms with E-state index in [0.717, 1.165) is 12.5 Å². The van der Waals surface area contributed by atoms with Gasteiger partial charge in [0.05, 0.1) is 6.61 Å². The van der Waals surface area contributed by atoms with E-state index >= 15 is 0 Å². The molecule has 0 N–H and O–H groups in total. The Morgan fingerprint density at radius 3 is 2.27 bits per heavy atom. The number of carbonyl (C=O) groups is 1. The van der Waals surface area contributed by atoms with Crippen LogP contribution in [0.15, 0.2) is 0 Å². The lowest BCUT2D eigenvalue weighted by atomic mass is 10.4. The average Bonchev–Trinajstić information content (AvgIpc) is 2.78. The molecule has 0 saturated carbocycles. The zero-order chi connectivity index (χ0) is 20.0. The maximum atomic E-state index is 10.8. The molecule has 1 rings (SSSR count). The second kappa shape index (κ2) is 9.96. The maximum Gasteiger partial charge on any atom is 0.508 e. The first-order valence-electron chi connectivity index (χ1n) is 9.27. The third kappa shape index (κ3) is 11.0. The van der Waals surface area contributed by atoms with Crippen LogP contribution in [-0.4, -0.2) is 66.6 Å². The summed E-state index contributed by atoms with van der Waals surface area (Å²) in [4.78, 5) is 10.8. The predicted molar refractivity (Wildman–Crippen MR) is 111 cm³/mol.